The number of methoxy groups -OCH3 is 1. The molecule has 5 rings (SSSR count). The van der Waals surface area contributed by atoms with Gasteiger partial charge in [-0.05, 0) is 35.7 Å². The number of ether oxygens (including phenoxy) is 1. The zero-order valence-electron chi connectivity index (χ0n) is 19.3. The fraction of sp³-hybridized carbons (Fsp3) is 0.407. The molecule has 172 valence electrons. The normalized spacial score (nSPS) is 20.2. The van der Waals surface area contributed by atoms with E-state index in [-0.39, 0.29) is 24.4 Å². The van der Waals surface area contributed by atoms with E-state index in [0.717, 1.165) is 59.2 Å². The van der Waals surface area contributed by atoms with Crippen LogP contribution in [0.2, 0.25) is 0 Å². The molecule has 2 aliphatic rings. The summed E-state index contributed by atoms with van der Waals surface area (Å²) >= 11 is 0. The van der Waals surface area contributed by atoms with Crippen molar-refractivity contribution in [2.24, 2.45) is 0 Å². The summed E-state index contributed by atoms with van der Waals surface area (Å²) in [7, 11) is 1.64. The zero-order chi connectivity index (χ0) is 22.9. The molecule has 0 aliphatic carbocycles. The van der Waals surface area contributed by atoms with Gasteiger partial charge >= 0.3 is 0 Å². The van der Waals surface area contributed by atoms with E-state index in [4.69, 9.17) is 4.74 Å². The molecule has 3 heterocycles. The molecule has 3 aromatic rings. The Hall–Kier alpha value is -3.28. The maximum atomic E-state index is 13.6. The predicted molar refractivity (Wildman–Crippen MR) is 128 cm³/mol. The first kappa shape index (κ1) is 21.6. The molecule has 2 amide bonds. The minimum atomic E-state index is -0.486. The Morgan fingerprint density at radius 1 is 1.06 bits per heavy atom. The third-order valence-corrected chi connectivity index (χ3v) is 7.03. The highest BCUT2D eigenvalue weighted by atomic mass is 16.5. The molecule has 2 aliphatic heterocycles. The molecule has 1 N–H and O–H groups in total. The Labute approximate surface area is 194 Å². The van der Waals surface area contributed by atoms with Gasteiger partial charge in [0, 0.05) is 29.6 Å². The number of nitrogens with one attached hydrogen (secondary N) is 1. The first-order valence-electron chi connectivity index (χ1n) is 12.0. The van der Waals surface area contributed by atoms with Crippen molar-refractivity contribution in [3.63, 3.8) is 0 Å². The quantitative estimate of drug-likeness (QED) is 0.547. The van der Waals surface area contributed by atoms with E-state index >= 15 is 0 Å². The van der Waals surface area contributed by atoms with Crippen LogP contribution in [0.1, 0.15) is 55.5 Å². The number of carbonyl (C=O) groups is 2. The van der Waals surface area contributed by atoms with Gasteiger partial charge in [0.05, 0.1) is 19.7 Å². The van der Waals surface area contributed by atoms with Crippen molar-refractivity contribution in [3.05, 3.63) is 65.4 Å². The fourth-order valence-corrected chi connectivity index (χ4v) is 5.40. The molecule has 0 spiro atoms. The number of hydrogen-bond donors (Lipinski definition) is 1. The Bertz CT molecular complexity index is 1180. The summed E-state index contributed by atoms with van der Waals surface area (Å²) in [6.45, 7) is 2.98. The van der Waals surface area contributed by atoms with Crippen LogP contribution in [-0.2, 0) is 16.0 Å². The van der Waals surface area contributed by atoms with Gasteiger partial charge in [-0.25, -0.2) is 0 Å². The van der Waals surface area contributed by atoms with Crippen LogP contribution in [0, 0.1) is 0 Å². The number of rotatable bonds is 7. The topological polar surface area (TPSA) is 65.6 Å². The van der Waals surface area contributed by atoms with E-state index in [1.54, 1.807) is 12.0 Å². The van der Waals surface area contributed by atoms with E-state index in [0.29, 0.717) is 13.0 Å². The molecule has 1 saturated heterocycles. The number of carbonyl (C=O) groups excluding carboxylic acids is 2. The standard InChI is InChI=1S/C27H31N3O3/c1-3-4-5-8-14-29-17-24(31)30-23(27(29)32)16-21-20-12-6-7-13-22(20)28-25(21)26(30)18-10-9-11-19(15-18)33-2/h6-7,9-13,15,23,26,28H,3-5,8,14,16-17H2,1-2H3/t23-,26+/m0/s1. The lowest BCUT2D eigenvalue weighted by Gasteiger charge is -2.47. The average molecular weight is 446 g/mol. The van der Waals surface area contributed by atoms with Gasteiger partial charge in [0.25, 0.3) is 0 Å². The first-order valence-corrected chi connectivity index (χ1v) is 12.0. The van der Waals surface area contributed by atoms with Gasteiger partial charge in [0.1, 0.15) is 11.8 Å². The zero-order valence-corrected chi connectivity index (χ0v) is 19.3. The number of aromatic nitrogens is 1. The third-order valence-electron chi connectivity index (χ3n) is 7.03. The Morgan fingerprint density at radius 3 is 2.73 bits per heavy atom. The molecule has 2 atom stereocenters. The number of amides is 2. The molecule has 0 unspecified atom stereocenters. The summed E-state index contributed by atoms with van der Waals surface area (Å²) in [6, 6.07) is 15.2. The predicted octanol–water partition coefficient (Wildman–Crippen LogP) is 4.44. The number of nitrogens with zero attached hydrogens (tertiary/aromatic N) is 2. The largest absolute Gasteiger partial charge is 0.497 e. The molecule has 2 aromatic carbocycles. The molecular formula is C27H31N3O3. The van der Waals surface area contributed by atoms with Crippen LogP contribution in [0.3, 0.4) is 0 Å². The monoisotopic (exact) mass is 445 g/mol. The van der Waals surface area contributed by atoms with Gasteiger partial charge < -0.3 is 19.5 Å². The van der Waals surface area contributed by atoms with Crippen LogP contribution in [0.15, 0.2) is 48.5 Å². The van der Waals surface area contributed by atoms with Crippen LogP contribution in [-0.4, -0.2) is 52.8 Å². The first-order chi connectivity index (χ1) is 16.1. The lowest BCUT2D eigenvalue weighted by Crippen LogP contribution is -2.63. The molecule has 6 heteroatoms. The molecule has 0 saturated carbocycles. The summed E-state index contributed by atoms with van der Waals surface area (Å²) in [4.78, 5) is 34.3. The van der Waals surface area contributed by atoms with Gasteiger partial charge in [-0.3, -0.25) is 9.59 Å². The highest BCUT2D eigenvalue weighted by Crippen LogP contribution is 2.43. The fourth-order valence-electron chi connectivity index (χ4n) is 5.40. The van der Waals surface area contributed by atoms with Gasteiger partial charge in [0.15, 0.2) is 0 Å². The number of fused-ring (bicyclic) bond motifs is 4. The number of aromatic amines is 1. The number of piperazine rings is 1. The van der Waals surface area contributed by atoms with Crippen molar-refractivity contribution in [2.45, 2.75) is 51.1 Å². The second kappa shape index (κ2) is 8.93. The average Bonchev–Trinajstić information content (AvgIpc) is 3.22. The number of para-hydroxylation sites is 1. The lowest BCUT2D eigenvalue weighted by molar-refractivity contribution is -0.158. The van der Waals surface area contributed by atoms with E-state index in [1.807, 2.05) is 41.3 Å². The lowest BCUT2D eigenvalue weighted by atomic mass is 9.86. The van der Waals surface area contributed by atoms with Gasteiger partial charge in [-0.1, -0.05) is 56.5 Å². The van der Waals surface area contributed by atoms with E-state index in [2.05, 4.69) is 24.0 Å². The van der Waals surface area contributed by atoms with Gasteiger partial charge in [-0.15, -0.1) is 0 Å². The highest BCUT2D eigenvalue weighted by molar-refractivity contribution is 5.97. The van der Waals surface area contributed by atoms with E-state index in [1.165, 1.54) is 0 Å². The summed E-state index contributed by atoms with van der Waals surface area (Å²) in [6.07, 6.45) is 4.87. The third kappa shape index (κ3) is 3.77. The number of unbranched alkanes of at least 4 members (excludes halogenated alkanes) is 3. The molecule has 1 fully saturated rings. The second-order valence-electron chi connectivity index (χ2n) is 9.08. The number of H-pyrrole nitrogens is 1. The van der Waals surface area contributed by atoms with Crippen molar-refractivity contribution in [2.75, 3.05) is 20.2 Å². The van der Waals surface area contributed by atoms with Gasteiger partial charge in [-0.2, -0.15) is 0 Å². The van der Waals surface area contributed by atoms with Crippen molar-refractivity contribution >= 4 is 22.7 Å². The van der Waals surface area contributed by atoms with Crippen LogP contribution in [0.5, 0.6) is 5.75 Å². The summed E-state index contributed by atoms with van der Waals surface area (Å²) < 4.78 is 5.47. The number of hydrogen-bond acceptors (Lipinski definition) is 3. The Kier molecular flexibility index (Phi) is 5.83. The SMILES string of the molecule is CCCCCCN1CC(=O)N2[C@H](c3cccc(OC)c3)c3[nH]c4ccccc4c3C[C@H]2C1=O. The van der Waals surface area contributed by atoms with Crippen molar-refractivity contribution in [3.8, 4) is 5.75 Å². The summed E-state index contributed by atoms with van der Waals surface area (Å²) in [5, 5.41) is 1.13. The van der Waals surface area contributed by atoms with Crippen molar-refractivity contribution in [1.82, 2.24) is 14.8 Å². The minimum absolute atomic E-state index is 0.00668. The van der Waals surface area contributed by atoms with E-state index in [9.17, 15) is 9.59 Å². The maximum absolute atomic E-state index is 13.6. The molecule has 0 radical (unpaired) electrons. The molecule has 0 bridgehead atoms. The molecule has 1 aromatic heterocycles. The van der Waals surface area contributed by atoms with Gasteiger partial charge in [0.2, 0.25) is 11.8 Å². The summed E-state index contributed by atoms with van der Waals surface area (Å²) in [5.41, 5.74) is 4.11. The van der Waals surface area contributed by atoms with Crippen LogP contribution < -0.4 is 4.74 Å². The Balaban J connectivity index is 1.57. The minimum Gasteiger partial charge on any atom is -0.497 e. The van der Waals surface area contributed by atoms with Crippen LogP contribution in [0.4, 0.5) is 0 Å². The maximum Gasteiger partial charge on any atom is 0.246 e. The van der Waals surface area contributed by atoms with E-state index < -0.39 is 6.04 Å². The smallest absolute Gasteiger partial charge is 0.246 e. The van der Waals surface area contributed by atoms with Crippen molar-refractivity contribution < 1.29 is 14.3 Å². The van der Waals surface area contributed by atoms with Crippen molar-refractivity contribution in [1.29, 1.82) is 0 Å². The second-order valence-corrected chi connectivity index (χ2v) is 9.08. The highest BCUT2D eigenvalue weighted by Gasteiger charge is 2.48. The molecule has 33 heavy (non-hydrogen) atoms. The summed E-state index contributed by atoms with van der Waals surface area (Å²) in [5.74, 6) is 0.808. The Morgan fingerprint density at radius 2 is 1.91 bits per heavy atom. The molecular weight excluding hydrogens is 414 g/mol. The number of benzene rings is 2. The van der Waals surface area contributed by atoms with Crippen LogP contribution in [0.25, 0.3) is 10.9 Å². The molecule has 6 nitrogen and oxygen atoms in total. The van der Waals surface area contributed by atoms with Crippen LogP contribution >= 0.6 is 0 Å².